The standard InChI is InChI=1S/C13H17FN2O3/c1-19-11(17)6-8-2-4-9(5-3-8)12-15-7-10(14)13(18)16-12/h7-9H,2-6H2,1H3,(H,15,16,18). The molecule has 0 saturated heterocycles. The number of rotatable bonds is 3. The molecular formula is C13H17FN2O3. The van der Waals surface area contributed by atoms with E-state index in [1.54, 1.807) is 0 Å². The number of H-pyrrole nitrogens is 1. The summed E-state index contributed by atoms with van der Waals surface area (Å²) in [5.41, 5.74) is -0.721. The third-order valence-corrected chi connectivity index (χ3v) is 3.69. The van der Waals surface area contributed by atoms with Crippen molar-refractivity contribution in [2.45, 2.75) is 38.0 Å². The van der Waals surface area contributed by atoms with Gasteiger partial charge in [-0.25, -0.2) is 4.98 Å². The Balaban J connectivity index is 1.94. The van der Waals surface area contributed by atoms with Gasteiger partial charge >= 0.3 is 5.97 Å². The molecule has 1 fully saturated rings. The maximum atomic E-state index is 12.9. The first-order chi connectivity index (χ1) is 9.10. The van der Waals surface area contributed by atoms with Crippen molar-refractivity contribution in [1.29, 1.82) is 0 Å². The second-order valence-corrected chi connectivity index (χ2v) is 4.94. The number of hydrogen-bond donors (Lipinski definition) is 1. The van der Waals surface area contributed by atoms with Crippen LogP contribution in [0, 0.1) is 11.7 Å². The number of carbonyl (C=O) groups excluding carboxylic acids is 1. The number of esters is 1. The fourth-order valence-electron chi connectivity index (χ4n) is 2.56. The molecule has 2 rings (SSSR count). The van der Waals surface area contributed by atoms with Crippen molar-refractivity contribution in [1.82, 2.24) is 9.97 Å². The molecule has 1 heterocycles. The van der Waals surface area contributed by atoms with Crippen molar-refractivity contribution in [3.8, 4) is 0 Å². The third kappa shape index (κ3) is 3.39. The lowest BCUT2D eigenvalue weighted by molar-refractivity contribution is -0.142. The lowest BCUT2D eigenvalue weighted by atomic mass is 9.80. The number of aromatic amines is 1. The van der Waals surface area contributed by atoms with Crippen molar-refractivity contribution in [3.63, 3.8) is 0 Å². The minimum Gasteiger partial charge on any atom is -0.469 e. The van der Waals surface area contributed by atoms with E-state index in [4.69, 9.17) is 0 Å². The molecule has 0 unspecified atom stereocenters. The first-order valence-electron chi connectivity index (χ1n) is 6.41. The van der Waals surface area contributed by atoms with E-state index in [1.807, 2.05) is 0 Å². The lowest BCUT2D eigenvalue weighted by Gasteiger charge is -2.27. The van der Waals surface area contributed by atoms with Crippen molar-refractivity contribution < 1.29 is 13.9 Å². The summed E-state index contributed by atoms with van der Waals surface area (Å²) >= 11 is 0. The van der Waals surface area contributed by atoms with Gasteiger partial charge in [-0.2, -0.15) is 4.39 Å². The molecule has 1 aromatic rings. The molecule has 0 aromatic carbocycles. The van der Waals surface area contributed by atoms with Crippen LogP contribution in [0.15, 0.2) is 11.0 Å². The van der Waals surface area contributed by atoms with Crippen LogP contribution in [0.5, 0.6) is 0 Å². The number of methoxy groups -OCH3 is 1. The summed E-state index contributed by atoms with van der Waals surface area (Å²) in [5, 5.41) is 0. The second kappa shape index (κ2) is 5.95. The number of carbonyl (C=O) groups is 1. The molecule has 0 atom stereocenters. The highest BCUT2D eigenvalue weighted by atomic mass is 19.1. The van der Waals surface area contributed by atoms with Crippen LogP contribution >= 0.6 is 0 Å². The zero-order chi connectivity index (χ0) is 13.8. The van der Waals surface area contributed by atoms with Crippen LogP contribution in [0.2, 0.25) is 0 Å². The van der Waals surface area contributed by atoms with Crippen molar-refractivity contribution in [2.24, 2.45) is 5.92 Å². The average Bonchev–Trinajstić information content (AvgIpc) is 2.42. The van der Waals surface area contributed by atoms with Crippen LogP contribution in [-0.2, 0) is 9.53 Å². The first-order valence-corrected chi connectivity index (χ1v) is 6.41. The summed E-state index contributed by atoms with van der Waals surface area (Å²) in [6.45, 7) is 0. The Morgan fingerprint density at radius 2 is 2.16 bits per heavy atom. The summed E-state index contributed by atoms with van der Waals surface area (Å²) in [6.07, 6.45) is 4.87. The number of nitrogens with zero attached hydrogens (tertiary/aromatic N) is 1. The lowest BCUT2D eigenvalue weighted by Crippen LogP contribution is -2.21. The monoisotopic (exact) mass is 268 g/mol. The SMILES string of the molecule is COC(=O)CC1CCC(c2ncc(F)c(=O)[nH]2)CC1. The Labute approximate surface area is 110 Å². The highest BCUT2D eigenvalue weighted by molar-refractivity contribution is 5.69. The summed E-state index contributed by atoms with van der Waals surface area (Å²) < 4.78 is 17.5. The maximum absolute atomic E-state index is 12.9. The van der Waals surface area contributed by atoms with Gasteiger partial charge in [0, 0.05) is 12.3 Å². The molecule has 0 spiro atoms. The molecule has 0 aliphatic heterocycles. The molecular weight excluding hydrogens is 251 g/mol. The molecule has 0 radical (unpaired) electrons. The van der Waals surface area contributed by atoms with Gasteiger partial charge in [0.15, 0.2) is 0 Å². The van der Waals surface area contributed by atoms with E-state index in [9.17, 15) is 14.0 Å². The summed E-state index contributed by atoms with van der Waals surface area (Å²) in [5.74, 6) is -0.0270. The smallest absolute Gasteiger partial charge is 0.305 e. The van der Waals surface area contributed by atoms with E-state index in [0.717, 1.165) is 31.9 Å². The van der Waals surface area contributed by atoms with Crippen LogP contribution in [0.25, 0.3) is 0 Å². The maximum Gasteiger partial charge on any atom is 0.305 e. The Hall–Kier alpha value is -1.72. The van der Waals surface area contributed by atoms with Gasteiger partial charge in [0.25, 0.3) is 5.56 Å². The number of nitrogens with one attached hydrogen (secondary N) is 1. The van der Waals surface area contributed by atoms with Crippen molar-refractivity contribution >= 4 is 5.97 Å². The van der Waals surface area contributed by atoms with Gasteiger partial charge in [-0.15, -0.1) is 0 Å². The Kier molecular flexibility index (Phi) is 4.29. The van der Waals surface area contributed by atoms with Gasteiger partial charge in [0.1, 0.15) is 5.82 Å². The van der Waals surface area contributed by atoms with Gasteiger partial charge in [0.05, 0.1) is 13.3 Å². The number of hydrogen-bond acceptors (Lipinski definition) is 4. The quantitative estimate of drug-likeness (QED) is 0.848. The van der Waals surface area contributed by atoms with E-state index >= 15 is 0 Å². The van der Waals surface area contributed by atoms with E-state index in [1.165, 1.54) is 7.11 Å². The first kappa shape index (κ1) is 13.7. The zero-order valence-electron chi connectivity index (χ0n) is 10.8. The fraction of sp³-hybridized carbons (Fsp3) is 0.615. The average molecular weight is 268 g/mol. The van der Waals surface area contributed by atoms with Gasteiger partial charge in [-0.05, 0) is 31.6 Å². The number of halogens is 1. The molecule has 0 amide bonds. The van der Waals surface area contributed by atoms with Crippen LogP contribution < -0.4 is 5.56 Å². The molecule has 1 aromatic heterocycles. The van der Waals surface area contributed by atoms with E-state index in [-0.39, 0.29) is 11.9 Å². The number of aromatic nitrogens is 2. The van der Waals surface area contributed by atoms with Crippen molar-refractivity contribution in [2.75, 3.05) is 7.11 Å². The fourth-order valence-corrected chi connectivity index (χ4v) is 2.56. The zero-order valence-corrected chi connectivity index (χ0v) is 10.8. The third-order valence-electron chi connectivity index (χ3n) is 3.69. The molecule has 104 valence electrons. The summed E-state index contributed by atoms with van der Waals surface area (Å²) in [4.78, 5) is 28.8. The number of ether oxygens (including phenoxy) is 1. The highest BCUT2D eigenvalue weighted by Gasteiger charge is 2.25. The van der Waals surface area contributed by atoms with Crippen LogP contribution in [0.1, 0.15) is 43.8 Å². The Bertz CT molecular complexity index is 507. The summed E-state index contributed by atoms with van der Waals surface area (Å²) in [7, 11) is 1.39. The molecule has 1 saturated carbocycles. The largest absolute Gasteiger partial charge is 0.469 e. The minimum absolute atomic E-state index is 0.141. The second-order valence-electron chi connectivity index (χ2n) is 4.94. The van der Waals surface area contributed by atoms with Gasteiger partial charge in [-0.3, -0.25) is 9.59 Å². The Morgan fingerprint density at radius 1 is 1.47 bits per heavy atom. The molecule has 1 N–H and O–H groups in total. The topological polar surface area (TPSA) is 72.0 Å². The van der Waals surface area contributed by atoms with E-state index < -0.39 is 11.4 Å². The minimum atomic E-state index is -0.858. The van der Waals surface area contributed by atoms with Gasteiger partial charge in [0.2, 0.25) is 5.82 Å². The molecule has 1 aliphatic rings. The Morgan fingerprint density at radius 3 is 2.74 bits per heavy atom. The van der Waals surface area contributed by atoms with Crippen LogP contribution in [-0.4, -0.2) is 23.0 Å². The predicted molar refractivity (Wildman–Crippen MR) is 66.1 cm³/mol. The van der Waals surface area contributed by atoms with Crippen LogP contribution in [0.3, 0.4) is 0 Å². The van der Waals surface area contributed by atoms with Gasteiger partial charge < -0.3 is 9.72 Å². The van der Waals surface area contributed by atoms with Crippen LogP contribution in [0.4, 0.5) is 4.39 Å². The van der Waals surface area contributed by atoms with Gasteiger partial charge in [-0.1, -0.05) is 0 Å². The summed E-state index contributed by atoms with van der Waals surface area (Å²) in [6, 6.07) is 0. The molecule has 6 heteroatoms. The van der Waals surface area contributed by atoms with Crippen molar-refractivity contribution in [3.05, 3.63) is 28.2 Å². The molecule has 1 aliphatic carbocycles. The molecule has 19 heavy (non-hydrogen) atoms. The van der Waals surface area contributed by atoms with E-state index in [2.05, 4.69) is 14.7 Å². The van der Waals surface area contributed by atoms with E-state index in [0.29, 0.717) is 18.2 Å². The molecule has 0 bridgehead atoms. The normalized spacial score (nSPS) is 23.1. The molecule has 5 nitrogen and oxygen atoms in total. The highest BCUT2D eigenvalue weighted by Crippen LogP contribution is 2.35. The predicted octanol–water partition coefficient (Wildman–Crippen LogP) is 1.75.